The van der Waals surface area contributed by atoms with Crippen molar-refractivity contribution in [1.82, 2.24) is 4.90 Å². The number of nitrogens with zero attached hydrogens (tertiary/aromatic N) is 1. The molecule has 0 radical (unpaired) electrons. The van der Waals surface area contributed by atoms with Gasteiger partial charge in [0.25, 0.3) is 0 Å². The number of nitrogens with two attached hydrogens (primary N) is 1. The summed E-state index contributed by atoms with van der Waals surface area (Å²) in [6.45, 7) is 6.72. The van der Waals surface area contributed by atoms with E-state index in [0.717, 1.165) is 12.3 Å². The highest BCUT2D eigenvalue weighted by Gasteiger charge is 2.29. The molecule has 0 aromatic heterocycles. The Morgan fingerprint density at radius 2 is 2.12 bits per heavy atom. The molecular formula is C14H30N2O. The minimum Gasteiger partial charge on any atom is -0.389 e. The Kier molecular flexibility index (Phi) is 5.42. The van der Waals surface area contributed by atoms with Gasteiger partial charge in [0.2, 0.25) is 0 Å². The van der Waals surface area contributed by atoms with Crippen LogP contribution in [0.25, 0.3) is 0 Å². The van der Waals surface area contributed by atoms with Crippen LogP contribution >= 0.6 is 0 Å². The molecule has 4 unspecified atom stereocenters. The minimum absolute atomic E-state index is 0.340. The number of aliphatic hydroxyl groups is 1. The second kappa shape index (κ2) is 6.17. The van der Waals surface area contributed by atoms with Crippen molar-refractivity contribution in [2.75, 3.05) is 13.6 Å². The molecule has 4 atom stereocenters. The predicted molar refractivity (Wildman–Crippen MR) is 72.9 cm³/mol. The molecular weight excluding hydrogens is 212 g/mol. The van der Waals surface area contributed by atoms with Gasteiger partial charge in [-0.2, -0.15) is 0 Å². The summed E-state index contributed by atoms with van der Waals surface area (Å²) in [5.74, 6) is 0.846. The van der Waals surface area contributed by atoms with Crippen molar-refractivity contribution in [2.24, 2.45) is 11.7 Å². The average Bonchev–Trinajstić information content (AvgIpc) is 2.27. The summed E-state index contributed by atoms with van der Waals surface area (Å²) in [6, 6.07) is 1.08. The Hall–Kier alpha value is -0.120. The molecule has 0 aromatic carbocycles. The van der Waals surface area contributed by atoms with Gasteiger partial charge in [0.15, 0.2) is 0 Å². The fourth-order valence-corrected chi connectivity index (χ4v) is 3.00. The van der Waals surface area contributed by atoms with E-state index in [1.54, 1.807) is 0 Å². The third-order valence-corrected chi connectivity index (χ3v) is 4.35. The van der Waals surface area contributed by atoms with Crippen LogP contribution < -0.4 is 5.73 Å². The van der Waals surface area contributed by atoms with Gasteiger partial charge in [0.05, 0.1) is 5.60 Å². The second-order valence-electron chi connectivity index (χ2n) is 6.35. The molecule has 102 valence electrons. The average molecular weight is 242 g/mol. The van der Waals surface area contributed by atoms with Crippen molar-refractivity contribution in [3.8, 4) is 0 Å². The van der Waals surface area contributed by atoms with Gasteiger partial charge in [0.1, 0.15) is 0 Å². The standard InChI is InChI=1S/C14H30N2O/c1-11-6-5-7-13(8-11)16(4)12(2)9-14(3,17)10-15/h11-13,17H,5-10,15H2,1-4H3. The van der Waals surface area contributed by atoms with Crippen LogP contribution in [0, 0.1) is 5.92 Å². The van der Waals surface area contributed by atoms with E-state index in [-0.39, 0.29) is 0 Å². The third kappa shape index (κ3) is 4.57. The first-order valence-corrected chi connectivity index (χ1v) is 7.00. The highest BCUT2D eigenvalue weighted by molar-refractivity contribution is 4.84. The van der Waals surface area contributed by atoms with Gasteiger partial charge in [-0.05, 0) is 46.1 Å². The van der Waals surface area contributed by atoms with Crippen molar-refractivity contribution >= 4 is 0 Å². The monoisotopic (exact) mass is 242 g/mol. The zero-order valence-corrected chi connectivity index (χ0v) is 11.9. The van der Waals surface area contributed by atoms with E-state index in [2.05, 4.69) is 25.8 Å². The normalized spacial score (nSPS) is 31.2. The van der Waals surface area contributed by atoms with Gasteiger partial charge in [-0.1, -0.05) is 19.8 Å². The Bertz CT molecular complexity index is 230. The lowest BCUT2D eigenvalue weighted by Crippen LogP contribution is -2.46. The number of hydrogen-bond donors (Lipinski definition) is 2. The van der Waals surface area contributed by atoms with Crippen LogP contribution in [0.2, 0.25) is 0 Å². The van der Waals surface area contributed by atoms with Crippen LogP contribution in [0.1, 0.15) is 52.9 Å². The zero-order valence-electron chi connectivity index (χ0n) is 11.9. The van der Waals surface area contributed by atoms with Gasteiger partial charge in [0, 0.05) is 18.6 Å². The van der Waals surface area contributed by atoms with Crippen LogP contribution in [-0.4, -0.2) is 41.3 Å². The van der Waals surface area contributed by atoms with Crippen LogP contribution in [0.4, 0.5) is 0 Å². The Morgan fingerprint density at radius 3 is 2.65 bits per heavy atom. The van der Waals surface area contributed by atoms with E-state index in [1.807, 2.05) is 6.92 Å². The van der Waals surface area contributed by atoms with Crippen LogP contribution in [0.15, 0.2) is 0 Å². The predicted octanol–water partition coefficient (Wildman–Crippen LogP) is 1.99. The second-order valence-corrected chi connectivity index (χ2v) is 6.35. The molecule has 1 aliphatic carbocycles. The van der Waals surface area contributed by atoms with E-state index in [1.165, 1.54) is 25.7 Å². The Labute approximate surface area is 106 Å². The van der Waals surface area contributed by atoms with Crippen LogP contribution in [0.3, 0.4) is 0 Å². The first-order chi connectivity index (χ1) is 7.85. The summed E-state index contributed by atoms with van der Waals surface area (Å²) in [6.07, 6.45) is 6.07. The summed E-state index contributed by atoms with van der Waals surface area (Å²) < 4.78 is 0. The lowest BCUT2D eigenvalue weighted by molar-refractivity contribution is 0.0190. The van der Waals surface area contributed by atoms with Gasteiger partial charge in [-0.3, -0.25) is 0 Å². The number of rotatable bonds is 5. The lowest BCUT2D eigenvalue weighted by atomic mass is 9.85. The van der Waals surface area contributed by atoms with Gasteiger partial charge in [-0.25, -0.2) is 0 Å². The molecule has 1 saturated carbocycles. The molecule has 1 rings (SSSR count). The molecule has 1 fully saturated rings. The fraction of sp³-hybridized carbons (Fsp3) is 1.00. The molecule has 3 N–H and O–H groups in total. The summed E-state index contributed by atoms with van der Waals surface area (Å²) in [5, 5.41) is 10.0. The maximum absolute atomic E-state index is 10.0. The highest BCUT2D eigenvalue weighted by atomic mass is 16.3. The molecule has 0 bridgehead atoms. The number of hydrogen-bond acceptors (Lipinski definition) is 3. The van der Waals surface area contributed by atoms with E-state index in [4.69, 9.17) is 5.73 Å². The summed E-state index contributed by atoms with van der Waals surface area (Å²) in [5.41, 5.74) is 4.86. The van der Waals surface area contributed by atoms with Crippen molar-refractivity contribution in [1.29, 1.82) is 0 Å². The molecule has 0 saturated heterocycles. The van der Waals surface area contributed by atoms with Gasteiger partial charge in [-0.15, -0.1) is 0 Å². The molecule has 0 amide bonds. The third-order valence-electron chi connectivity index (χ3n) is 4.35. The highest BCUT2D eigenvalue weighted by Crippen LogP contribution is 2.28. The quantitative estimate of drug-likeness (QED) is 0.775. The molecule has 0 spiro atoms. The van der Waals surface area contributed by atoms with Crippen molar-refractivity contribution in [2.45, 2.75) is 70.6 Å². The largest absolute Gasteiger partial charge is 0.389 e. The maximum Gasteiger partial charge on any atom is 0.0756 e. The molecule has 0 aliphatic heterocycles. The molecule has 3 heteroatoms. The molecule has 3 nitrogen and oxygen atoms in total. The maximum atomic E-state index is 10.0. The molecule has 0 aromatic rings. The van der Waals surface area contributed by atoms with E-state index >= 15 is 0 Å². The Balaban J connectivity index is 2.48. The summed E-state index contributed by atoms with van der Waals surface area (Å²) in [4.78, 5) is 2.44. The summed E-state index contributed by atoms with van der Waals surface area (Å²) in [7, 11) is 2.19. The molecule has 17 heavy (non-hydrogen) atoms. The smallest absolute Gasteiger partial charge is 0.0756 e. The topological polar surface area (TPSA) is 49.5 Å². The molecule has 0 heterocycles. The van der Waals surface area contributed by atoms with Crippen molar-refractivity contribution < 1.29 is 5.11 Å². The van der Waals surface area contributed by atoms with Crippen molar-refractivity contribution in [3.63, 3.8) is 0 Å². The van der Waals surface area contributed by atoms with Gasteiger partial charge < -0.3 is 15.7 Å². The minimum atomic E-state index is -0.728. The van der Waals surface area contributed by atoms with Crippen LogP contribution in [0.5, 0.6) is 0 Å². The zero-order chi connectivity index (χ0) is 13.1. The Morgan fingerprint density at radius 1 is 1.47 bits per heavy atom. The van der Waals surface area contributed by atoms with Crippen molar-refractivity contribution in [3.05, 3.63) is 0 Å². The van der Waals surface area contributed by atoms with Gasteiger partial charge >= 0.3 is 0 Å². The first kappa shape index (κ1) is 14.9. The fourth-order valence-electron chi connectivity index (χ4n) is 3.00. The SMILES string of the molecule is CC1CCCC(N(C)C(C)CC(C)(O)CN)C1. The van der Waals surface area contributed by atoms with E-state index in [0.29, 0.717) is 18.6 Å². The van der Waals surface area contributed by atoms with E-state index in [9.17, 15) is 5.11 Å². The lowest BCUT2D eigenvalue weighted by Gasteiger charge is -2.39. The first-order valence-electron chi connectivity index (χ1n) is 7.00. The van der Waals surface area contributed by atoms with Crippen LogP contribution in [-0.2, 0) is 0 Å². The molecule has 1 aliphatic rings. The van der Waals surface area contributed by atoms with E-state index < -0.39 is 5.60 Å². The summed E-state index contributed by atoms with van der Waals surface area (Å²) >= 11 is 0.